The Labute approximate surface area is 111 Å². The van der Waals surface area contributed by atoms with E-state index in [0.717, 1.165) is 24.2 Å². The van der Waals surface area contributed by atoms with Gasteiger partial charge in [0.2, 0.25) is 0 Å². The second-order valence-corrected chi connectivity index (χ2v) is 4.12. The summed E-state index contributed by atoms with van der Waals surface area (Å²) >= 11 is 0. The van der Waals surface area contributed by atoms with Crippen LogP contribution in [0.4, 0.5) is 0 Å². The van der Waals surface area contributed by atoms with Crippen molar-refractivity contribution in [3.8, 4) is 0 Å². The normalized spacial score (nSPS) is 11.7. The molecule has 0 fully saturated rings. The molecule has 19 heavy (non-hydrogen) atoms. The van der Waals surface area contributed by atoms with Crippen LogP contribution in [0.2, 0.25) is 0 Å². The highest BCUT2D eigenvalue weighted by Crippen LogP contribution is 2.07. The van der Waals surface area contributed by atoms with Crippen molar-refractivity contribution in [1.82, 2.24) is 14.9 Å². The Kier molecular flexibility index (Phi) is 4.52. The van der Waals surface area contributed by atoms with Gasteiger partial charge in [-0.25, -0.2) is 4.98 Å². The van der Waals surface area contributed by atoms with Crippen molar-refractivity contribution >= 4 is 5.84 Å². The summed E-state index contributed by atoms with van der Waals surface area (Å²) in [4.78, 5) is 3.98. The van der Waals surface area contributed by atoms with Gasteiger partial charge in [0.1, 0.15) is 0 Å². The first-order valence-electron chi connectivity index (χ1n) is 6.03. The molecule has 0 aliphatic rings. The van der Waals surface area contributed by atoms with Gasteiger partial charge in [0.15, 0.2) is 5.84 Å². The molecular formula is C13H17N5O. The van der Waals surface area contributed by atoms with E-state index in [9.17, 15) is 0 Å². The lowest BCUT2D eigenvalue weighted by Gasteiger charge is -2.09. The number of hydrogen-bond acceptors (Lipinski definition) is 4. The fraction of sp³-hybridized carbons (Fsp3) is 0.231. The largest absolute Gasteiger partial charge is 0.409 e. The molecule has 2 rings (SSSR count). The Bertz CT molecular complexity index is 536. The number of nitrogens with zero attached hydrogens (tertiary/aromatic N) is 3. The maximum absolute atomic E-state index is 8.74. The van der Waals surface area contributed by atoms with Crippen molar-refractivity contribution in [3.05, 3.63) is 54.1 Å². The molecule has 0 saturated heterocycles. The molecule has 100 valence electrons. The van der Waals surface area contributed by atoms with Gasteiger partial charge in [-0.2, -0.15) is 0 Å². The fourth-order valence-corrected chi connectivity index (χ4v) is 1.83. The van der Waals surface area contributed by atoms with Crippen molar-refractivity contribution in [1.29, 1.82) is 0 Å². The first-order chi connectivity index (χ1) is 9.31. The highest BCUT2D eigenvalue weighted by Gasteiger charge is 2.05. The maximum atomic E-state index is 8.74. The average Bonchev–Trinajstić information content (AvgIpc) is 2.96. The first-order valence-corrected chi connectivity index (χ1v) is 6.03. The van der Waals surface area contributed by atoms with Crippen LogP contribution in [0.5, 0.6) is 0 Å². The number of aromatic nitrogens is 2. The summed E-state index contributed by atoms with van der Waals surface area (Å²) in [5, 5.41) is 15.1. The van der Waals surface area contributed by atoms with E-state index in [2.05, 4.69) is 15.5 Å². The molecule has 1 aromatic heterocycles. The zero-order valence-corrected chi connectivity index (χ0v) is 10.5. The van der Waals surface area contributed by atoms with Crippen LogP contribution >= 0.6 is 0 Å². The molecule has 1 aromatic carbocycles. The lowest BCUT2D eigenvalue weighted by atomic mass is 10.1. The van der Waals surface area contributed by atoms with Crippen LogP contribution in [0.15, 0.2) is 48.1 Å². The fourth-order valence-electron chi connectivity index (χ4n) is 1.83. The van der Waals surface area contributed by atoms with Gasteiger partial charge in [0, 0.05) is 37.6 Å². The number of rotatable bonds is 6. The zero-order valence-electron chi connectivity index (χ0n) is 10.5. The minimum atomic E-state index is 0.131. The van der Waals surface area contributed by atoms with Crippen molar-refractivity contribution in [2.45, 2.75) is 13.1 Å². The summed E-state index contributed by atoms with van der Waals surface area (Å²) in [6, 6.07) is 7.59. The van der Waals surface area contributed by atoms with Crippen LogP contribution in [-0.2, 0) is 13.1 Å². The molecular weight excluding hydrogens is 242 g/mol. The Morgan fingerprint density at radius 2 is 2.26 bits per heavy atom. The SMILES string of the molecule is NC(=NO)c1ccccc1CNCCn1ccnc1. The molecule has 0 spiro atoms. The highest BCUT2D eigenvalue weighted by molar-refractivity contribution is 5.98. The summed E-state index contributed by atoms with van der Waals surface area (Å²) in [6.07, 6.45) is 5.46. The molecule has 6 nitrogen and oxygen atoms in total. The van der Waals surface area contributed by atoms with Gasteiger partial charge in [0.05, 0.1) is 6.33 Å². The summed E-state index contributed by atoms with van der Waals surface area (Å²) < 4.78 is 2.00. The van der Waals surface area contributed by atoms with E-state index in [-0.39, 0.29) is 5.84 Å². The van der Waals surface area contributed by atoms with Crippen molar-refractivity contribution < 1.29 is 5.21 Å². The van der Waals surface area contributed by atoms with Crippen LogP contribution in [0, 0.1) is 0 Å². The smallest absolute Gasteiger partial charge is 0.170 e. The molecule has 0 saturated carbocycles. The van der Waals surface area contributed by atoms with E-state index in [4.69, 9.17) is 10.9 Å². The molecule has 0 bridgehead atoms. The highest BCUT2D eigenvalue weighted by atomic mass is 16.4. The van der Waals surface area contributed by atoms with Gasteiger partial charge in [-0.15, -0.1) is 0 Å². The topological polar surface area (TPSA) is 88.5 Å². The Morgan fingerprint density at radius 1 is 1.42 bits per heavy atom. The predicted molar refractivity (Wildman–Crippen MR) is 72.9 cm³/mol. The van der Waals surface area contributed by atoms with Gasteiger partial charge in [-0.3, -0.25) is 0 Å². The van der Waals surface area contributed by atoms with E-state index in [1.165, 1.54) is 0 Å². The van der Waals surface area contributed by atoms with Crippen LogP contribution in [0.1, 0.15) is 11.1 Å². The van der Waals surface area contributed by atoms with E-state index in [1.807, 2.05) is 35.0 Å². The van der Waals surface area contributed by atoms with Gasteiger partial charge in [0.25, 0.3) is 0 Å². The summed E-state index contributed by atoms with van der Waals surface area (Å²) in [5.41, 5.74) is 7.39. The number of nitrogens with one attached hydrogen (secondary N) is 1. The van der Waals surface area contributed by atoms with Crippen LogP contribution in [-0.4, -0.2) is 27.1 Å². The van der Waals surface area contributed by atoms with E-state index < -0.39 is 0 Å². The molecule has 2 aromatic rings. The van der Waals surface area contributed by atoms with Crippen LogP contribution < -0.4 is 11.1 Å². The Balaban J connectivity index is 1.89. The first kappa shape index (κ1) is 13.1. The lowest BCUT2D eigenvalue weighted by Crippen LogP contribution is -2.22. The van der Waals surface area contributed by atoms with Gasteiger partial charge >= 0.3 is 0 Å². The van der Waals surface area contributed by atoms with Crippen molar-refractivity contribution in [3.63, 3.8) is 0 Å². The number of hydrogen-bond donors (Lipinski definition) is 3. The molecule has 0 aliphatic carbocycles. The second-order valence-electron chi connectivity index (χ2n) is 4.12. The van der Waals surface area contributed by atoms with E-state index in [0.29, 0.717) is 6.54 Å². The van der Waals surface area contributed by atoms with Crippen LogP contribution in [0.3, 0.4) is 0 Å². The third-order valence-electron chi connectivity index (χ3n) is 2.82. The molecule has 0 amide bonds. The maximum Gasteiger partial charge on any atom is 0.170 e. The van der Waals surface area contributed by atoms with Gasteiger partial charge in [-0.05, 0) is 5.56 Å². The number of benzene rings is 1. The second kappa shape index (κ2) is 6.55. The zero-order chi connectivity index (χ0) is 13.5. The Hall–Kier alpha value is -2.34. The minimum Gasteiger partial charge on any atom is -0.409 e. The summed E-state index contributed by atoms with van der Waals surface area (Å²) in [7, 11) is 0. The monoisotopic (exact) mass is 259 g/mol. The number of amidine groups is 1. The number of nitrogens with two attached hydrogens (primary N) is 1. The predicted octanol–water partition coefficient (Wildman–Crippen LogP) is 0.767. The number of oxime groups is 1. The molecule has 0 unspecified atom stereocenters. The molecule has 6 heteroatoms. The van der Waals surface area contributed by atoms with E-state index >= 15 is 0 Å². The average molecular weight is 259 g/mol. The molecule has 0 atom stereocenters. The van der Waals surface area contributed by atoms with Gasteiger partial charge < -0.3 is 20.8 Å². The van der Waals surface area contributed by atoms with Crippen molar-refractivity contribution in [2.24, 2.45) is 10.9 Å². The Morgan fingerprint density at radius 3 is 3.00 bits per heavy atom. The van der Waals surface area contributed by atoms with Gasteiger partial charge in [-0.1, -0.05) is 29.4 Å². The quantitative estimate of drug-likeness (QED) is 0.235. The number of imidazole rings is 1. The van der Waals surface area contributed by atoms with Crippen LogP contribution in [0.25, 0.3) is 0 Å². The molecule has 0 radical (unpaired) electrons. The summed E-state index contributed by atoms with van der Waals surface area (Å²) in [6.45, 7) is 2.34. The summed E-state index contributed by atoms with van der Waals surface area (Å²) in [5.74, 6) is 0.131. The van der Waals surface area contributed by atoms with Crippen molar-refractivity contribution in [2.75, 3.05) is 6.54 Å². The molecule has 1 heterocycles. The molecule has 4 N–H and O–H groups in total. The minimum absolute atomic E-state index is 0.131. The molecule has 0 aliphatic heterocycles. The standard InChI is InChI=1S/C13H17N5O/c14-13(17-19)12-4-2-1-3-11(12)9-15-5-7-18-8-6-16-10-18/h1-4,6,8,10,15,19H,5,7,9H2,(H2,14,17). The third kappa shape index (κ3) is 3.56. The van der Waals surface area contributed by atoms with E-state index in [1.54, 1.807) is 12.5 Å². The lowest BCUT2D eigenvalue weighted by molar-refractivity contribution is 0.318. The third-order valence-corrected chi connectivity index (χ3v) is 2.82.